The normalized spacial score (nSPS) is 11.8. The maximum Gasteiger partial charge on any atom is 0.139 e. The molecule has 0 amide bonds. The van der Waals surface area contributed by atoms with Crippen LogP contribution >= 0.6 is 0 Å². The number of hydrogen-bond acceptors (Lipinski definition) is 4. The molecule has 4 nitrogen and oxygen atoms in total. The zero-order valence-electron chi connectivity index (χ0n) is 11.7. The van der Waals surface area contributed by atoms with Crippen molar-refractivity contribution in [1.82, 2.24) is 0 Å². The van der Waals surface area contributed by atoms with Gasteiger partial charge in [0.05, 0.1) is 14.2 Å². The summed E-state index contributed by atoms with van der Waals surface area (Å²) in [6.45, 7) is 0.359. The van der Waals surface area contributed by atoms with E-state index >= 15 is 0 Å². The Labute approximate surface area is 119 Å². The third kappa shape index (κ3) is 3.22. The molecule has 20 heavy (non-hydrogen) atoms. The van der Waals surface area contributed by atoms with E-state index in [0.29, 0.717) is 12.3 Å². The van der Waals surface area contributed by atoms with Crippen molar-refractivity contribution < 1.29 is 14.2 Å². The van der Waals surface area contributed by atoms with Crippen molar-refractivity contribution in [3.8, 4) is 17.2 Å². The summed E-state index contributed by atoms with van der Waals surface area (Å²) in [5.41, 5.74) is 6.77. The Morgan fingerprint density at radius 3 is 2.40 bits per heavy atom. The summed E-state index contributed by atoms with van der Waals surface area (Å²) in [5.74, 6) is 2.23. The van der Waals surface area contributed by atoms with Gasteiger partial charge in [-0.2, -0.15) is 0 Å². The topological polar surface area (TPSA) is 53.7 Å². The molecule has 0 saturated heterocycles. The fourth-order valence-corrected chi connectivity index (χ4v) is 2.01. The third-order valence-corrected chi connectivity index (χ3v) is 3.02. The lowest BCUT2D eigenvalue weighted by Crippen LogP contribution is -2.19. The molecule has 0 spiro atoms. The van der Waals surface area contributed by atoms with Crippen molar-refractivity contribution in [3.05, 3.63) is 54.1 Å². The number of methoxy groups -OCH3 is 2. The van der Waals surface area contributed by atoms with E-state index in [0.717, 1.165) is 17.1 Å². The molecular weight excluding hydrogens is 254 g/mol. The second-order valence-electron chi connectivity index (χ2n) is 4.26. The van der Waals surface area contributed by atoms with Crippen LogP contribution in [0.3, 0.4) is 0 Å². The van der Waals surface area contributed by atoms with Crippen molar-refractivity contribution >= 4 is 0 Å². The maximum atomic E-state index is 5.95. The lowest BCUT2D eigenvalue weighted by Gasteiger charge is -2.20. The Balaban J connectivity index is 2.24. The standard InChI is InChI=1S/C16H19NO3/c1-18-12-6-5-7-13(10-12)20-16(11-17)14-8-3-4-9-15(14)19-2/h3-10,16H,11,17H2,1-2H3. The van der Waals surface area contributed by atoms with E-state index < -0.39 is 0 Å². The Morgan fingerprint density at radius 2 is 1.70 bits per heavy atom. The van der Waals surface area contributed by atoms with Crippen molar-refractivity contribution in [3.63, 3.8) is 0 Å². The van der Waals surface area contributed by atoms with Gasteiger partial charge >= 0.3 is 0 Å². The number of ether oxygens (including phenoxy) is 3. The molecule has 2 rings (SSSR count). The summed E-state index contributed by atoms with van der Waals surface area (Å²) < 4.78 is 16.5. The maximum absolute atomic E-state index is 5.95. The molecular formula is C16H19NO3. The van der Waals surface area contributed by atoms with E-state index in [9.17, 15) is 0 Å². The van der Waals surface area contributed by atoms with Crippen LogP contribution in [0.5, 0.6) is 17.2 Å². The lowest BCUT2D eigenvalue weighted by atomic mass is 10.1. The molecule has 0 bridgehead atoms. The minimum atomic E-state index is -0.266. The first-order valence-corrected chi connectivity index (χ1v) is 6.42. The lowest BCUT2D eigenvalue weighted by molar-refractivity contribution is 0.208. The molecule has 0 aromatic heterocycles. The van der Waals surface area contributed by atoms with Gasteiger partial charge in [-0.25, -0.2) is 0 Å². The number of hydrogen-bond donors (Lipinski definition) is 1. The van der Waals surface area contributed by atoms with Gasteiger partial charge in [0, 0.05) is 18.2 Å². The summed E-state index contributed by atoms with van der Waals surface area (Å²) in [6, 6.07) is 15.2. The molecule has 0 aliphatic heterocycles. The summed E-state index contributed by atoms with van der Waals surface area (Å²) in [5, 5.41) is 0. The van der Waals surface area contributed by atoms with E-state index in [1.54, 1.807) is 14.2 Å². The minimum absolute atomic E-state index is 0.266. The van der Waals surface area contributed by atoms with Gasteiger partial charge in [-0.15, -0.1) is 0 Å². The van der Waals surface area contributed by atoms with Crippen molar-refractivity contribution in [2.75, 3.05) is 20.8 Å². The van der Waals surface area contributed by atoms with Crippen LogP contribution in [0.25, 0.3) is 0 Å². The molecule has 4 heteroatoms. The Morgan fingerprint density at radius 1 is 0.950 bits per heavy atom. The summed E-state index contributed by atoms with van der Waals surface area (Å²) in [4.78, 5) is 0. The predicted octanol–water partition coefficient (Wildman–Crippen LogP) is 2.78. The SMILES string of the molecule is COc1cccc(OC(CN)c2ccccc2OC)c1. The smallest absolute Gasteiger partial charge is 0.139 e. The second kappa shape index (κ2) is 6.82. The molecule has 0 radical (unpaired) electrons. The van der Waals surface area contributed by atoms with Gasteiger partial charge in [0.2, 0.25) is 0 Å². The Kier molecular flexibility index (Phi) is 4.85. The van der Waals surface area contributed by atoms with Crippen LogP contribution in [0.1, 0.15) is 11.7 Å². The van der Waals surface area contributed by atoms with Crippen LogP contribution in [0, 0.1) is 0 Å². The first kappa shape index (κ1) is 14.2. The number of benzene rings is 2. The third-order valence-electron chi connectivity index (χ3n) is 3.02. The number of rotatable bonds is 6. The van der Waals surface area contributed by atoms with Crippen LogP contribution in [0.2, 0.25) is 0 Å². The van der Waals surface area contributed by atoms with Crippen molar-refractivity contribution in [2.24, 2.45) is 5.73 Å². The first-order chi connectivity index (χ1) is 9.78. The van der Waals surface area contributed by atoms with Crippen molar-refractivity contribution in [1.29, 1.82) is 0 Å². The van der Waals surface area contributed by atoms with Crippen LogP contribution in [-0.2, 0) is 0 Å². The second-order valence-corrected chi connectivity index (χ2v) is 4.26. The highest BCUT2D eigenvalue weighted by Crippen LogP contribution is 2.29. The fourth-order valence-electron chi connectivity index (χ4n) is 2.01. The largest absolute Gasteiger partial charge is 0.497 e. The van der Waals surface area contributed by atoms with E-state index in [-0.39, 0.29) is 6.10 Å². The molecule has 106 valence electrons. The molecule has 0 saturated carbocycles. The molecule has 2 aromatic rings. The number of para-hydroxylation sites is 1. The average molecular weight is 273 g/mol. The summed E-state index contributed by atoms with van der Waals surface area (Å²) in [7, 11) is 3.26. The van der Waals surface area contributed by atoms with E-state index in [1.165, 1.54) is 0 Å². The Hall–Kier alpha value is -2.20. The monoisotopic (exact) mass is 273 g/mol. The summed E-state index contributed by atoms with van der Waals surface area (Å²) >= 11 is 0. The van der Waals surface area contributed by atoms with E-state index in [4.69, 9.17) is 19.9 Å². The van der Waals surface area contributed by atoms with E-state index in [1.807, 2.05) is 48.5 Å². The van der Waals surface area contributed by atoms with Gasteiger partial charge in [0.1, 0.15) is 23.4 Å². The minimum Gasteiger partial charge on any atom is -0.497 e. The highest BCUT2D eigenvalue weighted by Gasteiger charge is 2.16. The summed E-state index contributed by atoms with van der Waals surface area (Å²) in [6.07, 6.45) is -0.266. The van der Waals surface area contributed by atoms with Gasteiger partial charge in [0.15, 0.2) is 0 Å². The zero-order valence-corrected chi connectivity index (χ0v) is 11.7. The highest BCUT2D eigenvalue weighted by molar-refractivity contribution is 5.38. The molecule has 1 unspecified atom stereocenters. The zero-order chi connectivity index (χ0) is 14.4. The van der Waals surface area contributed by atoms with Gasteiger partial charge < -0.3 is 19.9 Å². The van der Waals surface area contributed by atoms with Crippen molar-refractivity contribution in [2.45, 2.75) is 6.10 Å². The average Bonchev–Trinajstić information content (AvgIpc) is 2.52. The molecule has 0 fully saturated rings. The quantitative estimate of drug-likeness (QED) is 0.879. The van der Waals surface area contributed by atoms with Crippen LogP contribution < -0.4 is 19.9 Å². The van der Waals surface area contributed by atoms with E-state index in [2.05, 4.69) is 0 Å². The number of nitrogens with two attached hydrogens (primary N) is 1. The van der Waals surface area contributed by atoms with Gasteiger partial charge in [-0.1, -0.05) is 24.3 Å². The molecule has 2 N–H and O–H groups in total. The first-order valence-electron chi connectivity index (χ1n) is 6.42. The molecule has 0 aliphatic carbocycles. The van der Waals surface area contributed by atoms with Crippen LogP contribution in [0.4, 0.5) is 0 Å². The van der Waals surface area contributed by atoms with Gasteiger partial charge in [0.25, 0.3) is 0 Å². The van der Waals surface area contributed by atoms with Gasteiger partial charge in [-0.3, -0.25) is 0 Å². The predicted molar refractivity (Wildman–Crippen MR) is 78.4 cm³/mol. The molecule has 1 atom stereocenters. The van der Waals surface area contributed by atoms with Crippen LogP contribution in [0.15, 0.2) is 48.5 Å². The fraction of sp³-hybridized carbons (Fsp3) is 0.250. The molecule has 0 aliphatic rings. The molecule has 2 aromatic carbocycles. The Bertz CT molecular complexity index is 557. The van der Waals surface area contributed by atoms with Crippen LogP contribution in [-0.4, -0.2) is 20.8 Å². The highest BCUT2D eigenvalue weighted by atomic mass is 16.5. The van der Waals surface area contributed by atoms with Gasteiger partial charge in [-0.05, 0) is 18.2 Å². The molecule has 0 heterocycles.